The number of carbonyl (C=O) groups is 2. The van der Waals surface area contributed by atoms with Crippen molar-refractivity contribution in [3.05, 3.63) is 76.4 Å². The van der Waals surface area contributed by atoms with Crippen LogP contribution in [0.2, 0.25) is 0 Å². The van der Waals surface area contributed by atoms with Gasteiger partial charge in [-0.3, -0.25) is 9.69 Å². The van der Waals surface area contributed by atoms with Crippen LogP contribution in [-0.2, 0) is 16.0 Å². The Hall–Kier alpha value is -2.51. The molecule has 1 saturated heterocycles. The molecule has 1 fully saturated rings. The van der Waals surface area contributed by atoms with Crippen molar-refractivity contribution in [1.29, 1.82) is 0 Å². The Morgan fingerprint density at radius 1 is 1.19 bits per heavy atom. The number of carboxylic acids is 1. The van der Waals surface area contributed by atoms with Crippen LogP contribution in [0.4, 0.5) is 4.39 Å². The second-order valence-corrected chi connectivity index (χ2v) is 7.32. The maximum atomic E-state index is 13.0. The highest BCUT2D eigenvalue weighted by Gasteiger charge is 2.40. The molecule has 7 heteroatoms. The third kappa shape index (κ3) is 4.00. The molecule has 1 aliphatic heterocycles. The highest BCUT2D eigenvalue weighted by Crippen LogP contribution is 2.34. The predicted molar refractivity (Wildman–Crippen MR) is 103 cm³/mol. The molecule has 0 saturated carbocycles. The first-order valence-electron chi connectivity index (χ1n) is 7.75. The van der Waals surface area contributed by atoms with Gasteiger partial charge in [-0.05, 0) is 29.3 Å². The molecule has 2 aromatic rings. The molecule has 3 rings (SSSR count). The summed E-state index contributed by atoms with van der Waals surface area (Å²) >= 11 is 6.30. The number of halogens is 1. The van der Waals surface area contributed by atoms with E-state index in [2.05, 4.69) is 0 Å². The summed E-state index contributed by atoms with van der Waals surface area (Å²) in [5.41, 5.74) is 1.44. The lowest BCUT2D eigenvalue weighted by Crippen LogP contribution is -2.45. The molecule has 0 radical (unpaired) electrons. The minimum absolute atomic E-state index is 0.159. The molecule has 4 nitrogen and oxygen atoms in total. The molecule has 1 aliphatic rings. The number of thiocarbonyl (C=S) groups is 1. The lowest BCUT2D eigenvalue weighted by atomic mass is 10.0. The van der Waals surface area contributed by atoms with Crippen LogP contribution in [0.5, 0.6) is 0 Å². The van der Waals surface area contributed by atoms with Crippen molar-refractivity contribution in [3.63, 3.8) is 0 Å². The Morgan fingerprint density at radius 2 is 1.85 bits per heavy atom. The van der Waals surface area contributed by atoms with Crippen molar-refractivity contribution in [2.45, 2.75) is 12.5 Å². The summed E-state index contributed by atoms with van der Waals surface area (Å²) in [4.78, 5) is 26.0. The highest BCUT2D eigenvalue weighted by atomic mass is 32.2. The Labute approximate surface area is 159 Å². The van der Waals surface area contributed by atoms with Crippen LogP contribution in [0.3, 0.4) is 0 Å². The number of aliphatic carboxylic acids is 1. The monoisotopic (exact) mass is 387 g/mol. The fourth-order valence-electron chi connectivity index (χ4n) is 2.59. The van der Waals surface area contributed by atoms with Gasteiger partial charge in [0.25, 0.3) is 5.91 Å². The van der Waals surface area contributed by atoms with Gasteiger partial charge in [-0.25, -0.2) is 9.18 Å². The highest BCUT2D eigenvalue weighted by molar-refractivity contribution is 8.26. The van der Waals surface area contributed by atoms with Gasteiger partial charge < -0.3 is 5.11 Å². The fraction of sp³-hybridized carbons (Fsp3) is 0.105. The van der Waals surface area contributed by atoms with E-state index in [4.69, 9.17) is 12.2 Å². The summed E-state index contributed by atoms with van der Waals surface area (Å²) in [7, 11) is 0. The Balaban J connectivity index is 1.86. The van der Waals surface area contributed by atoms with Crippen LogP contribution in [-0.4, -0.2) is 32.2 Å². The van der Waals surface area contributed by atoms with Gasteiger partial charge in [0.2, 0.25) is 0 Å². The van der Waals surface area contributed by atoms with E-state index in [9.17, 15) is 19.1 Å². The molecule has 1 amide bonds. The summed E-state index contributed by atoms with van der Waals surface area (Å²) in [6.07, 6.45) is 1.74. The van der Waals surface area contributed by atoms with Crippen molar-refractivity contribution < 1.29 is 19.1 Å². The van der Waals surface area contributed by atoms with Crippen LogP contribution in [0.25, 0.3) is 6.08 Å². The van der Waals surface area contributed by atoms with Gasteiger partial charge in [-0.1, -0.05) is 66.4 Å². The van der Waals surface area contributed by atoms with E-state index < -0.39 is 17.9 Å². The van der Waals surface area contributed by atoms with E-state index in [1.165, 1.54) is 12.1 Å². The number of rotatable bonds is 5. The van der Waals surface area contributed by atoms with E-state index in [0.717, 1.165) is 22.2 Å². The van der Waals surface area contributed by atoms with E-state index in [1.807, 2.05) is 30.3 Å². The summed E-state index contributed by atoms with van der Waals surface area (Å²) in [5.74, 6) is -1.94. The van der Waals surface area contributed by atoms with E-state index >= 15 is 0 Å². The molecule has 0 aliphatic carbocycles. The molecule has 0 aromatic heterocycles. The number of thioether (sulfide) groups is 1. The first kappa shape index (κ1) is 18.3. The third-order valence-corrected chi connectivity index (χ3v) is 5.19. The molecule has 0 bridgehead atoms. The van der Waals surface area contributed by atoms with Crippen LogP contribution >= 0.6 is 24.0 Å². The van der Waals surface area contributed by atoms with E-state index in [-0.39, 0.29) is 16.6 Å². The molecular weight excluding hydrogens is 373 g/mol. The van der Waals surface area contributed by atoms with Gasteiger partial charge >= 0.3 is 5.97 Å². The maximum Gasteiger partial charge on any atom is 0.327 e. The summed E-state index contributed by atoms with van der Waals surface area (Å²) in [5, 5.41) is 9.61. The zero-order chi connectivity index (χ0) is 18.7. The van der Waals surface area contributed by atoms with Crippen LogP contribution < -0.4 is 0 Å². The summed E-state index contributed by atoms with van der Waals surface area (Å²) in [6, 6.07) is 13.7. The topological polar surface area (TPSA) is 57.6 Å². The Bertz CT molecular complexity index is 881. The molecule has 0 unspecified atom stereocenters. The average molecular weight is 387 g/mol. The number of hydrogen-bond acceptors (Lipinski definition) is 4. The van der Waals surface area contributed by atoms with E-state index in [0.29, 0.717) is 10.5 Å². The standard InChI is InChI=1S/C19H14FNO3S2/c20-14-8-6-13(7-9-14)11-16-17(22)21(19(25)26-16)15(18(23)24)10-12-4-2-1-3-5-12/h1-9,11,15H,10H2,(H,23,24)/b16-11-/t15-/m0/s1. The molecule has 132 valence electrons. The van der Waals surface area contributed by atoms with Crippen molar-refractivity contribution in [2.75, 3.05) is 0 Å². The predicted octanol–water partition coefficient (Wildman–Crippen LogP) is 3.72. The smallest absolute Gasteiger partial charge is 0.327 e. The number of benzene rings is 2. The quantitative estimate of drug-likeness (QED) is 0.626. The SMILES string of the molecule is O=C(O)[C@H](Cc1ccccc1)N1C(=O)/C(=C/c2ccc(F)cc2)SC1=S. The molecule has 1 heterocycles. The minimum Gasteiger partial charge on any atom is -0.480 e. The maximum absolute atomic E-state index is 13.0. The van der Waals surface area contributed by atoms with Gasteiger partial charge in [-0.2, -0.15) is 0 Å². The third-order valence-electron chi connectivity index (χ3n) is 3.86. The number of carboxylic acid groups (broad SMARTS) is 1. The Kier molecular flexibility index (Phi) is 5.49. The molecular formula is C19H14FNO3S2. The first-order chi connectivity index (χ1) is 12.5. The number of amides is 1. The first-order valence-corrected chi connectivity index (χ1v) is 8.97. The second kappa shape index (κ2) is 7.80. The molecule has 2 aromatic carbocycles. The molecule has 1 N–H and O–H groups in total. The van der Waals surface area contributed by atoms with Crippen LogP contribution in [0, 0.1) is 5.82 Å². The molecule has 0 spiro atoms. The lowest BCUT2D eigenvalue weighted by Gasteiger charge is -2.23. The Morgan fingerprint density at radius 3 is 2.46 bits per heavy atom. The zero-order valence-corrected chi connectivity index (χ0v) is 15.1. The van der Waals surface area contributed by atoms with Gasteiger partial charge in [-0.15, -0.1) is 0 Å². The number of hydrogen-bond donors (Lipinski definition) is 1. The van der Waals surface area contributed by atoms with Crippen molar-refractivity contribution >= 4 is 46.3 Å². The fourth-order valence-corrected chi connectivity index (χ4v) is 3.94. The number of nitrogens with zero attached hydrogens (tertiary/aromatic N) is 1. The van der Waals surface area contributed by atoms with Gasteiger partial charge in [0.15, 0.2) is 0 Å². The minimum atomic E-state index is -1.12. The molecule has 1 atom stereocenters. The van der Waals surface area contributed by atoms with Crippen molar-refractivity contribution in [2.24, 2.45) is 0 Å². The van der Waals surface area contributed by atoms with Gasteiger partial charge in [0, 0.05) is 6.42 Å². The zero-order valence-electron chi connectivity index (χ0n) is 13.5. The van der Waals surface area contributed by atoms with Crippen molar-refractivity contribution in [1.82, 2.24) is 4.90 Å². The van der Waals surface area contributed by atoms with Crippen molar-refractivity contribution in [3.8, 4) is 0 Å². The second-order valence-electron chi connectivity index (χ2n) is 5.65. The van der Waals surface area contributed by atoms with Gasteiger partial charge in [0.1, 0.15) is 16.2 Å². The van der Waals surface area contributed by atoms with Crippen LogP contribution in [0.15, 0.2) is 59.5 Å². The lowest BCUT2D eigenvalue weighted by molar-refractivity contribution is -0.145. The number of carbonyl (C=O) groups excluding carboxylic acids is 1. The van der Waals surface area contributed by atoms with Crippen LogP contribution in [0.1, 0.15) is 11.1 Å². The normalized spacial score (nSPS) is 17.0. The summed E-state index contributed by atoms with van der Waals surface area (Å²) in [6.45, 7) is 0. The molecule has 26 heavy (non-hydrogen) atoms. The average Bonchev–Trinajstić information content (AvgIpc) is 2.89. The largest absolute Gasteiger partial charge is 0.480 e. The summed E-state index contributed by atoms with van der Waals surface area (Å²) < 4.78 is 13.2. The van der Waals surface area contributed by atoms with Gasteiger partial charge in [0.05, 0.1) is 4.91 Å². The van der Waals surface area contributed by atoms with E-state index in [1.54, 1.807) is 18.2 Å².